The Morgan fingerprint density at radius 3 is 2.64 bits per heavy atom. The summed E-state index contributed by atoms with van der Waals surface area (Å²) >= 11 is 0. The molecule has 28 heavy (non-hydrogen) atoms. The molecule has 1 aromatic carbocycles. The summed E-state index contributed by atoms with van der Waals surface area (Å²) in [5.41, 5.74) is 5.51. The molecule has 8 nitrogen and oxygen atoms in total. The van der Waals surface area contributed by atoms with Gasteiger partial charge in [0.05, 0.1) is 18.8 Å². The number of hydrogen-bond acceptors (Lipinski definition) is 4. The molecule has 0 unspecified atom stereocenters. The van der Waals surface area contributed by atoms with E-state index >= 15 is 0 Å². The fraction of sp³-hybridized carbons (Fsp3) is 0.450. The summed E-state index contributed by atoms with van der Waals surface area (Å²) in [5, 5.41) is 11.1. The number of carbonyl (C=O) groups is 2. The van der Waals surface area contributed by atoms with E-state index in [4.69, 9.17) is 0 Å². The first-order valence-corrected chi connectivity index (χ1v) is 9.56. The Hall–Kier alpha value is -2.87. The van der Waals surface area contributed by atoms with E-state index in [1.165, 1.54) is 5.56 Å². The van der Waals surface area contributed by atoms with Crippen LogP contribution in [-0.4, -0.2) is 63.8 Å². The van der Waals surface area contributed by atoms with Crippen molar-refractivity contribution in [3.63, 3.8) is 0 Å². The predicted octanol–water partition coefficient (Wildman–Crippen LogP) is 2.02. The standard InChI is InChI=1S/C20H26N6O2/c1-13-5-6-15(11-14(13)2)21-20(28)25-8-7-17-16(12-25)18-19(27)24(4)23(3)9-10-26(18)22-17/h5-6,11H,7-10,12H2,1-4H3,(H,21,28). The summed E-state index contributed by atoms with van der Waals surface area (Å²) in [6.45, 7) is 6.43. The van der Waals surface area contributed by atoms with Gasteiger partial charge in [-0.1, -0.05) is 6.07 Å². The topological polar surface area (TPSA) is 73.7 Å². The number of likely N-dealkylation sites (N-methyl/N-ethyl adjacent to an activating group) is 1. The zero-order chi connectivity index (χ0) is 20.0. The number of nitrogens with zero attached hydrogens (tertiary/aromatic N) is 5. The monoisotopic (exact) mass is 382 g/mol. The van der Waals surface area contributed by atoms with Crippen LogP contribution in [0.4, 0.5) is 10.5 Å². The third-order valence-corrected chi connectivity index (χ3v) is 5.79. The first-order valence-electron chi connectivity index (χ1n) is 9.56. The number of nitrogens with one attached hydrogen (secondary N) is 1. The second-order valence-corrected chi connectivity index (χ2v) is 7.61. The minimum atomic E-state index is -0.152. The number of anilines is 1. The molecule has 148 valence electrons. The second-order valence-electron chi connectivity index (χ2n) is 7.61. The van der Waals surface area contributed by atoms with Gasteiger partial charge in [0.2, 0.25) is 0 Å². The van der Waals surface area contributed by atoms with E-state index in [2.05, 4.69) is 10.4 Å². The number of hydrogen-bond donors (Lipinski definition) is 1. The number of rotatable bonds is 1. The molecule has 0 aliphatic carbocycles. The van der Waals surface area contributed by atoms with Gasteiger partial charge in [-0.05, 0) is 37.1 Å². The molecule has 1 aromatic heterocycles. The molecule has 2 aromatic rings. The van der Waals surface area contributed by atoms with Crippen molar-refractivity contribution in [3.8, 4) is 0 Å². The first-order chi connectivity index (χ1) is 13.3. The number of aromatic nitrogens is 2. The number of urea groups is 1. The Labute approximate surface area is 164 Å². The smallest absolute Gasteiger partial charge is 0.320 e. The highest BCUT2D eigenvalue weighted by molar-refractivity contribution is 5.95. The summed E-state index contributed by atoms with van der Waals surface area (Å²) in [6.07, 6.45) is 0.655. The molecule has 0 saturated heterocycles. The highest BCUT2D eigenvalue weighted by atomic mass is 16.2. The van der Waals surface area contributed by atoms with Crippen molar-refractivity contribution < 1.29 is 9.59 Å². The summed E-state index contributed by atoms with van der Waals surface area (Å²) in [4.78, 5) is 27.5. The maximum Gasteiger partial charge on any atom is 0.322 e. The Morgan fingerprint density at radius 2 is 1.89 bits per heavy atom. The zero-order valence-electron chi connectivity index (χ0n) is 16.8. The van der Waals surface area contributed by atoms with E-state index in [1.807, 2.05) is 44.1 Å². The number of carbonyl (C=O) groups excluding carboxylic acids is 2. The largest absolute Gasteiger partial charge is 0.322 e. The summed E-state index contributed by atoms with van der Waals surface area (Å²) in [7, 11) is 3.66. The van der Waals surface area contributed by atoms with Gasteiger partial charge < -0.3 is 10.2 Å². The van der Waals surface area contributed by atoms with Crippen molar-refractivity contribution in [2.45, 2.75) is 33.4 Å². The lowest BCUT2D eigenvalue weighted by Crippen LogP contribution is -2.42. The lowest BCUT2D eigenvalue weighted by Gasteiger charge is -2.28. The first kappa shape index (κ1) is 18.5. The molecule has 0 spiro atoms. The van der Waals surface area contributed by atoms with Crippen molar-refractivity contribution in [2.75, 3.05) is 32.5 Å². The van der Waals surface area contributed by atoms with Crippen molar-refractivity contribution in [1.82, 2.24) is 24.7 Å². The van der Waals surface area contributed by atoms with E-state index < -0.39 is 0 Å². The summed E-state index contributed by atoms with van der Waals surface area (Å²) in [5.74, 6) is -0.0785. The van der Waals surface area contributed by atoms with Gasteiger partial charge in [-0.25, -0.2) is 9.80 Å². The number of fused-ring (bicyclic) bond motifs is 3. The number of amides is 3. The van der Waals surface area contributed by atoms with Crippen LogP contribution in [0.2, 0.25) is 0 Å². The summed E-state index contributed by atoms with van der Waals surface area (Å²) in [6, 6.07) is 5.74. The molecule has 8 heteroatoms. The number of aryl methyl sites for hydroxylation is 2. The molecule has 2 aliphatic rings. The minimum Gasteiger partial charge on any atom is -0.320 e. The predicted molar refractivity (Wildman–Crippen MR) is 106 cm³/mol. The number of benzene rings is 1. The molecule has 0 saturated carbocycles. The highest BCUT2D eigenvalue weighted by Crippen LogP contribution is 2.26. The van der Waals surface area contributed by atoms with E-state index in [1.54, 1.807) is 21.6 Å². The van der Waals surface area contributed by atoms with Crippen LogP contribution in [0.5, 0.6) is 0 Å². The highest BCUT2D eigenvalue weighted by Gasteiger charge is 2.33. The summed E-state index contributed by atoms with van der Waals surface area (Å²) < 4.78 is 1.80. The van der Waals surface area contributed by atoms with Crippen LogP contribution in [0.1, 0.15) is 32.9 Å². The van der Waals surface area contributed by atoms with Crippen LogP contribution in [-0.2, 0) is 19.5 Å². The SMILES string of the molecule is Cc1ccc(NC(=O)N2CCc3nn4c(c3C2)C(=O)N(C)N(C)CC4)cc1C. The fourth-order valence-electron chi connectivity index (χ4n) is 3.72. The van der Waals surface area contributed by atoms with Gasteiger partial charge in [0.25, 0.3) is 5.91 Å². The molecular weight excluding hydrogens is 356 g/mol. The van der Waals surface area contributed by atoms with Crippen LogP contribution in [0.25, 0.3) is 0 Å². The van der Waals surface area contributed by atoms with Crippen LogP contribution in [0.3, 0.4) is 0 Å². The van der Waals surface area contributed by atoms with Crippen molar-refractivity contribution in [3.05, 3.63) is 46.3 Å². The van der Waals surface area contributed by atoms with Crippen LogP contribution >= 0.6 is 0 Å². The Balaban J connectivity index is 1.56. The van der Waals surface area contributed by atoms with Crippen LogP contribution in [0.15, 0.2) is 18.2 Å². The average Bonchev–Trinajstić information content (AvgIpc) is 3.00. The Morgan fingerprint density at radius 1 is 1.11 bits per heavy atom. The van der Waals surface area contributed by atoms with E-state index in [-0.39, 0.29) is 11.9 Å². The van der Waals surface area contributed by atoms with Crippen molar-refractivity contribution in [2.24, 2.45) is 0 Å². The van der Waals surface area contributed by atoms with Gasteiger partial charge in [-0.3, -0.25) is 14.5 Å². The lowest BCUT2D eigenvalue weighted by molar-refractivity contribution is 0.0240. The Bertz CT molecular complexity index is 950. The average molecular weight is 382 g/mol. The molecule has 2 aliphatic heterocycles. The van der Waals surface area contributed by atoms with Crippen molar-refractivity contribution >= 4 is 17.6 Å². The fourth-order valence-corrected chi connectivity index (χ4v) is 3.72. The molecule has 3 heterocycles. The molecule has 3 amide bonds. The van der Waals surface area contributed by atoms with E-state index in [0.29, 0.717) is 38.3 Å². The van der Waals surface area contributed by atoms with Gasteiger partial charge >= 0.3 is 6.03 Å². The van der Waals surface area contributed by atoms with Gasteiger partial charge in [0, 0.05) is 44.9 Å². The molecule has 4 rings (SSSR count). The molecule has 1 N–H and O–H groups in total. The maximum absolute atomic E-state index is 12.9. The van der Waals surface area contributed by atoms with Crippen LogP contribution < -0.4 is 5.32 Å². The lowest BCUT2D eigenvalue weighted by atomic mass is 10.0. The molecule has 0 bridgehead atoms. The third-order valence-electron chi connectivity index (χ3n) is 5.79. The van der Waals surface area contributed by atoms with Gasteiger partial charge in [0.15, 0.2) is 0 Å². The van der Waals surface area contributed by atoms with Gasteiger partial charge in [-0.15, -0.1) is 0 Å². The zero-order valence-corrected chi connectivity index (χ0v) is 16.8. The van der Waals surface area contributed by atoms with Crippen molar-refractivity contribution in [1.29, 1.82) is 0 Å². The second kappa shape index (κ2) is 6.94. The molecule has 0 fully saturated rings. The molecular formula is C20H26N6O2. The van der Waals surface area contributed by atoms with E-state index in [0.717, 1.165) is 22.5 Å². The normalized spacial score (nSPS) is 17.2. The molecule has 0 atom stereocenters. The molecule has 0 radical (unpaired) electrons. The van der Waals surface area contributed by atoms with Crippen LogP contribution in [0, 0.1) is 13.8 Å². The van der Waals surface area contributed by atoms with Gasteiger partial charge in [-0.2, -0.15) is 5.10 Å². The minimum absolute atomic E-state index is 0.0785. The Kier molecular flexibility index (Phi) is 4.58. The third kappa shape index (κ3) is 3.13. The quantitative estimate of drug-likeness (QED) is 0.819. The van der Waals surface area contributed by atoms with E-state index in [9.17, 15) is 9.59 Å². The van der Waals surface area contributed by atoms with Gasteiger partial charge in [0.1, 0.15) is 5.69 Å². The maximum atomic E-state index is 12.9. The number of hydrazine groups is 1.